The fraction of sp³-hybridized carbons (Fsp3) is 0.778. The summed E-state index contributed by atoms with van der Waals surface area (Å²) >= 11 is 0. The lowest BCUT2D eigenvalue weighted by molar-refractivity contribution is -0.184. The fourth-order valence-electron chi connectivity index (χ4n) is 7.92. The molecule has 4 rings (SSSR count). The van der Waals surface area contributed by atoms with Gasteiger partial charge in [-0.2, -0.15) is 0 Å². The summed E-state index contributed by atoms with van der Waals surface area (Å²) < 4.78 is 5.15. The third-order valence-corrected chi connectivity index (χ3v) is 9.92. The number of nitrogens with zero attached hydrogens (tertiary/aromatic N) is 1. The minimum Gasteiger partial charge on any atom is -0.458 e. The standard InChI is InChI=1S/C27H39NO7/c1-25-11-9-17(29)13-16(25)5-6-18-19-10-12-27(34,26(19,2)14-20(30)24(18)25)21(31)15-35-23(33)8-7-22(32)28(3)4/h13,18-20,24,30,34H,5-12,14-15H2,1-4H3/t18-,19-,20-,24+,25-,26-,27-/m0/s1. The Morgan fingerprint density at radius 3 is 2.51 bits per heavy atom. The van der Waals surface area contributed by atoms with Gasteiger partial charge in [0, 0.05) is 32.4 Å². The van der Waals surface area contributed by atoms with E-state index in [0.29, 0.717) is 19.3 Å². The van der Waals surface area contributed by atoms with Crippen molar-refractivity contribution in [3.05, 3.63) is 11.6 Å². The Kier molecular flexibility index (Phi) is 6.77. The molecule has 8 heteroatoms. The lowest BCUT2D eigenvalue weighted by Gasteiger charge is -2.60. The lowest BCUT2D eigenvalue weighted by atomic mass is 9.45. The molecule has 0 heterocycles. The van der Waals surface area contributed by atoms with E-state index in [1.807, 2.05) is 6.92 Å². The van der Waals surface area contributed by atoms with Crippen molar-refractivity contribution in [3.63, 3.8) is 0 Å². The number of ketones is 2. The van der Waals surface area contributed by atoms with Crippen LogP contribution in [-0.4, -0.2) is 71.0 Å². The molecular formula is C27H39NO7. The largest absolute Gasteiger partial charge is 0.458 e. The molecule has 0 unspecified atom stereocenters. The molecule has 3 saturated carbocycles. The zero-order chi connectivity index (χ0) is 25.8. The van der Waals surface area contributed by atoms with E-state index in [9.17, 15) is 29.4 Å². The quantitative estimate of drug-likeness (QED) is 0.549. The van der Waals surface area contributed by atoms with Crippen LogP contribution in [0.5, 0.6) is 0 Å². The molecular weight excluding hydrogens is 450 g/mol. The average molecular weight is 490 g/mol. The normalized spacial score (nSPS) is 40.2. The predicted molar refractivity (Wildman–Crippen MR) is 127 cm³/mol. The minimum absolute atomic E-state index is 0.000140. The third kappa shape index (κ3) is 4.16. The first kappa shape index (κ1) is 26.0. The number of carbonyl (C=O) groups excluding carboxylic acids is 4. The number of aliphatic hydroxyl groups excluding tert-OH is 1. The van der Waals surface area contributed by atoms with Crippen LogP contribution in [0.15, 0.2) is 11.6 Å². The lowest BCUT2D eigenvalue weighted by Crippen LogP contribution is -2.62. The number of carbonyl (C=O) groups is 4. The molecule has 0 saturated heterocycles. The average Bonchev–Trinajstić information content (AvgIpc) is 3.07. The van der Waals surface area contributed by atoms with Crippen LogP contribution in [0, 0.1) is 28.6 Å². The molecule has 0 spiro atoms. The summed E-state index contributed by atoms with van der Waals surface area (Å²) in [5, 5.41) is 23.1. The first-order chi connectivity index (χ1) is 16.3. The summed E-state index contributed by atoms with van der Waals surface area (Å²) in [4.78, 5) is 50.5. The maximum Gasteiger partial charge on any atom is 0.306 e. The Hall–Kier alpha value is -2.06. The summed E-state index contributed by atoms with van der Waals surface area (Å²) in [6, 6.07) is 0. The van der Waals surface area contributed by atoms with E-state index in [0.717, 1.165) is 24.8 Å². The van der Waals surface area contributed by atoms with Crippen molar-refractivity contribution < 1.29 is 34.1 Å². The molecule has 35 heavy (non-hydrogen) atoms. The molecule has 0 aliphatic heterocycles. The van der Waals surface area contributed by atoms with E-state index in [2.05, 4.69) is 6.92 Å². The van der Waals surface area contributed by atoms with Crippen LogP contribution in [0.4, 0.5) is 0 Å². The second-order valence-electron chi connectivity index (χ2n) is 11.8. The van der Waals surface area contributed by atoms with Crippen LogP contribution in [0.3, 0.4) is 0 Å². The fourth-order valence-corrected chi connectivity index (χ4v) is 7.92. The number of esters is 1. The van der Waals surface area contributed by atoms with Crippen molar-refractivity contribution >= 4 is 23.4 Å². The molecule has 8 nitrogen and oxygen atoms in total. The van der Waals surface area contributed by atoms with Crippen molar-refractivity contribution in [1.29, 1.82) is 0 Å². The van der Waals surface area contributed by atoms with E-state index in [1.165, 1.54) is 4.90 Å². The highest BCUT2D eigenvalue weighted by Crippen LogP contribution is 2.67. The van der Waals surface area contributed by atoms with Crippen molar-refractivity contribution in [3.8, 4) is 0 Å². The SMILES string of the molecule is CN(C)C(=O)CCC(=O)OCC(=O)[C@@]1(O)CC[C@H]2[C@@H]3CCC4=CC(=O)CC[C@]4(C)[C@H]3[C@@H](O)C[C@@]21C. The van der Waals surface area contributed by atoms with Gasteiger partial charge in [0.1, 0.15) is 5.60 Å². The van der Waals surface area contributed by atoms with Gasteiger partial charge in [0.15, 0.2) is 12.4 Å². The molecule has 2 N–H and O–H groups in total. The molecule has 1 amide bonds. The van der Waals surface area contributed by atoms with Crippen molar-refractivity contribution in [2.75, 3.05) is 20.7 Å². The zero-order valence-corrected chi connectivity index (χ0v) is 21.3. The van der Waals surface area contributed by atoms with Gasteiger partial charge in [-0.15, -0.1) is 0 Å². The second kappa shape index (κ2) is 9.11. The van der Waals surface area contributed by atoms with E-state index in [4.69, 9.17) is 4.74 Å². The second-order valence-corrected chi connectivity index (χ2v) is 11.8. The van der Waals surface area contributed by atoms with E-state index < -0.39 is 35.5 Å². The Balaban J connectivity index is 1.47. The van der Waals surface area contributed by atoms with Gasteiger partial charge in [-0.3, -0.25) is 19.2 Å². The molecule has 0 aromatic rings. The Morgan fingerprint density at radius 1 is 1.11 bits per heavy atom. The van der Waals surface area contributed by atoms with Crippen molar-refractivity contribution in [2.24, 2.45) is 28.6 Å². The highest BCUT2D eigenvalue weighted by Gasteiger charge is 2.68. The van der Waals surface area contributed by atoms with Gasteiger partial charge in [-0.05, 0) is 67.8 Å². The van der Waals surface area contributed by atoms with Crippen LogP contribution in [0.2, 0.25) is 0 Å². The van der Waals surface area contributed by atoms with E-state index in [-0.39, 0.29) is 54.1 Å². The van der Waals surface area contributed by atoms with Crippen LogP contribution in [-0.2, 0) is 23.9 Å². The maximum atomic E-state index is 13.2. The molecule has 0 bridgehead atoms. The summed E-state index contributed by atoms with van der Waals surface area (Å²) in [5.41, 5.74) is -1.59. The van der Waals surface area contributed by atoms with Crippen LogP contribution in [0.25, 0.3) is 0 Å². The number of allylic oxidation sites excluding steroid dienone is 1. The number of hydrogen-bond acceptors (Lipinski definition) is 7. The molecule has 4 aliphatic carbocycles. The number of aliphatic hydroxyl groups is 2. The van der Waals surface area contributed by atoms with Crippen LogP contribution in [0.1, 0.15) is 71.6 Å². The van der Waals surface area contributed by atoms with Gasteiger partial charge in [-0.25, -0.2) is 0 Å². The smallest absolute Gasteiger partial charge is 0.306 e. The monoisotopic (exact) mass is 489 g/mol. The molecule has 0 radical (unpaired) electrons. The Bertz CT molecular complexity index is 957. The molecule has 3 fully saturated rings. The number of amides is 1. The minimum atomic E-state index is -1.68. The number of rotatable bonds is 6. The molecule has 4 aliphatic rings. The van der Waals surface area contributed by atoms with Crippen LogP contribution >= 0.6 is 0 Å². The first-order valence-corrected chi connectivity index (χ1v) is 12.9. The molecule has 0 aromatic heterocycles. The highest BCUT2D eigenvalue weighted by atomic mass is 16.5. The molecule has 7 atom stereocenters. The first-order valence-electron chi connectivity index (χ1n) is 12.9. The van der Waals surface area contributed by atoms with E-state index >= 15 is 0 Å². The maximum absolute atomic E-state index is 13.2. The molecule has 194 valence electrons. The van der Waals surface area contributed by atoms with Crippen molar-refractivity contribution in [2.45, 2.75) is 83.3 Å². The summed E-state index contributed by atoms with van der Waals surface area (Å²) in [6.45, 7) is 3.53. The van der Waals surface area contributed by atoms with Gasteiger partial charge >= 0.3 is 5.97 Å². The number of fused-ring (bicyclic) bond motifs is 5. The summed E-state index contributed by atoms with van der Waals surface area (Å²) in [5.74, 6) is -1.01. The Labute approximate surface area is 207 Å². The summed E-state index contributed by atoms with van der Waals surface area (Å²) in [6.07, 6.45) is 5.07. The zero-order valence-electron chi connectivity index (χ0n) is 21.3. The topological polar surface area (TPSA) is 121 Å². The highest BCUT2D eigenvalue weighted by molar-refractivity contribution is 5.92. The van der Waals surface area contributed by atoms with Gasteiger partial charge in [0.05, 0.1) is 12.5 Å². The Morgan fingerprint density at radius 2 is 1.83 bits per heavy atom. The van der Waals surface area contributed by atoms with Crippen LogP contribution < -0.4 is 0 Å². The number of Topliss-reactive ketones (excluding diaryl/α,β-unsaturated/α-hetero) is 1. The number of ether oxygens (including phenoxy) is 1. The third-order valence-electron chi connectivity index (χ3n) is 9.92. The summed E-state index contributed by atoms with van der Waals surface area (Å²) in [7, 11) is 3.20. The molecule has 0 aromatic carbocycles. The van der Waals surface area contributed by atoms with E-state index in [1.54, 1.807) is 20.2 Å². The predicted octanol–water partition coefficient (Wildman–Crippen LogP) is 2.20. The van der Waals surface area contributed by atoms with Gasteiger partial charge in [0.2, 0.25) is 11.7 Å². The van der Waals surface area contributed by atoms with Gasteiger partial charge in [-0.1, -0.05) is 19.4 Å². The van der Waals surface area contributed by atoms with Gasteiger partial charge in [0.25, 0.3) is 0 Å². The van der Waals surface area contributed by atoms with Crippen molar-refractivity contribution in [1.82, 2.24) is 4.90 Å². The van der Waals surface area contributed by atoms with Gasteiger partial charge < -0.3 is 19.8 Å². The number of hydrogen-bond donors (Lipinski definition) is 2.